The molecule has 0 N–H and O–H groups in total. The quantitative estimate of drug-likeness (QED) is 0.421. The van der Waals surface area contributed by atoms with Gasteiger partial charge >= 0.3 is 23.1 Å². The van der Waals surface area contributed by atoms with Crippen LogP contribution in [0.3, 0.4) is 0 Å². The van der Waals surface area contributed by atoms with Crippen molar-refractivity contribution in [1.82, 2.24) is 0 Å². The van der Waals surface area contributed by atoms with Gasteiger partial charge in [0.05, 0.1) is 0 Å². The Kier molecular flexibility index (Phi) is 8.17. The number of halogens is 2. The fraction of sp³-hybridized carbons (Fsp3) is 0.250. The minimum absolute atomic E-state index is 0. The van der Waals surface area contributed by atoms with Gasteiger partial charge in [0.2, 0.25) is 0 Å². The monoisotopic (exact) mass is 242 g/mol. The summed E-state index contributed by atoms with van der Waals surface area (Å²) in [7, 11) is 0. The first-order valence-electron chi connectivity index (χ1n) is 2.84. The number of hydrogen-bond acceptors (Lipinski definition) is 0. The summed E-state index contributed by atoms with van der Waals surface area (Å²) in [6.07, 6.45) is 0. The molecule has 0 aliphatic carbocycles. The molecule has 0 heterocycles. The summed E-state index contributed by atoms with van der Waals surface area (Å²) in [5.41, 5.74) is 2.19. The number of benzene rings is 1. The molecule has 1 rings (SSSR count). The van der Waals surface area contributed by atoms with Crippen LogP contribution in [0.2, 0.25) is 5.02 Å². The minimum atomic E-state index is 0. The van der Waals surface area contributed by atoms with Crippen LogP contribution in [-0.4, -0.2) is 23.1 Å². The fourth-order valence-corrected chi connectivity index (χ4v) is 1.17. The molecule has 0 saturated carbocycles. The van der Waals surface area contributed by atoms with Gasteiger partial charge in [-0.3, -0.25) is 0 Å². The van der Waals surface area contributed by atoms with Gasteiger partial charge in [-0.1, -0.05) is 18.9 Å². The molecule has 3 heteroatoms. The normalized spacial score (nSPS) is 7.91. The van der Waals surface area contributed by atoms with E-state index in [4.69, 9.17) is 11.6 Å². The molecule has 56 valence electrons. The maximum absolute atomic E-state index is 5.73. The molecule has 0 aromatic heterocycles. The molecule has 0 saturated heterocycles. The number of hydrogen-bond donors (Lipinski definition) is 0. The van der Waals surface area contributed by atoms with Crippen molar-refractivity contribution in [3.8, 4) is 0 Å². The summed E-state index contributed by atoms with van der Waals surface area (Å²) in [6.45, 7) is 3.97. The van der Waals surface area contributed by atoms with Gasteiger partial charge in [0.1, 0.15) is 0 Å². The summed E-state index contributed by atoms with van der Waals surface area (Å²) >= 11 is 5.73. The molecule has 1 aromatic carbocycles. The zero-order valence-corrected chi connectivity index (χ0v) is 10.4. The second kappa shape index (κ2) is 6.29. The maximum atomic E-state index is 5.73. The van der Waals surface area contributed by atoms with Gasteiger partial charge in [-0.05, 0) is 0 Å². The molecule has 0 spiro atoms. The third kappa shape index (κ3) is 5.07. The zero-order chi connectivity index (χ0) is 6.85. The molecule has 0 radical (unpaired) electrons. The minimum Gasteiger partial charge on any atom is -1.00 e. The predicted octanol–water partition coefficient (Wildman–Crippen LogP) is -0.620. The van der Waals surface area contributed by atoms with Crippen molar-refractivity contribution in [2.24, 2.45) is 0 Å². The molecule has 0 unspecified atom stereocenters. The van der Waals surface area contributed by atoms with E-state index in [1.165, 1.54) is 0 Å². The third-order valence-corrected chi connectivity index (χ3v) is 1.32. The van der Waals surface area contributed by atoms with Crippen LogP contribution in [-0.2, 0) is 0 Å². The summed E-state index contributed by atoms with van der Waals surface area (Å²) in [6, 6.07) is 6.92. The van der Waals surface area contributed by atoms with Gasteiger partial charge in [0, 0.05) is 0 Å². The van der Waals surface area contributed by atoms with Crippen molar-refractivity contribution in [1.29, 1.82) is 0 Å². The van der Waals surface area contributed by atoms with Gasteiger partial charge in [0.15, 0.2) is 0 Å². The zero-order valence-electron chi connectivity index (χ0n) is 6.62. The van der Waals surface area contributed by atoms with Gasteiger partial charge in [-0.25, -0.2) is 0 Å². The van der Waals surface area contributed by atoms with E-state index in [2.05, 4.69) is 6.07 Å². The van der Waals surface area contributed by atoms with Crippen LogP contribution < -0.4 is 17.0 Å². The standard InChI is InChI=1S/C8H8Cl.BrH.Mg/c1-6-3-7(2)5-8(9)4-6;;/h4-5H,1-2H3;1H;/q-1;;+2/p-1. The van der Waals surface area contributed by atoms with Crippen LogP contribution in [0.25, 0.3) is 0 Å². The van der Waals surface area contributed by atoms with Crippen molar-refractivity contribution in [3.05, 3.63) is 34.3 Å². The first-order chi connectivity index (χ1) is 4.18. The molecular formula is C8H8BrClMg. The summed E-state index contributed by atoms with van der Waals surface area (Å²) in [4.78, 5) is 0. The Morgan fingerprint density at radius 2 is 1.55 bits per heavy atom. The molecule has 0 nitrogen and oxygen atoms in total. The van der Waals surface area contributed by atoms with Crippen molar-refractivity contribution in [2.75, 3.05) is 0 Å². The average Bonchev–Trinajstić information content (AvgIpc) is 1.59. The van der Waals surface area contributed by atoms with Gasteiger partial charge in [-0.2, -0.15) is 17.2 Å². The van der Waals surface area contributed by atoms with Crippen LogP contribution in [0.4, 0.5) is 0 Å². The Labute approximate surface area is 99.2 Å². The number of rotatable bonds is 0. The van der Waals surface area contributed by atoms with E-state index in [0.29, 0.717) is 0 Å². The Balaban J connectivity index is 0. The molecule has 0 fully saturated rings. The summed E-state index contributed by atoms with van der Waals surface area (Å²) in [5, 5.41) is 0.795. The van der Waals surface area contributed by atoms with Crippen LogP contribution in [0, 0.1) is 19.9 Å². The van der Waals surface area contributed by atoms with Crippen molar-refractivity contribution in [3.63, 3.8) is 0 Å². The molecule has 1 aromatic rings. The first kappa shape index (κ1) is 14.3. The van der Waals surface area contributed by atoms with Crippen LogP contribution >= 0.6 is 11.6 Å². The second-order valence-electron chi connectivity index (χ2n) is 2.16. The summed E-state index contributed by atoms with van der Waals surface area (Å²) in [5.74, 6) is 0. The van der Waals surface area contributed by atoms with Crippen LogP contribution in [0.5, 0.6) is 0 Å². The van der Waals surface area contributed by atoms with E-state index >= 15 is 0 Å². The Bertz CT molecular complexity index is 175. The van der Waals surface area contributed by atoms with Gasteiger partial charge < -0.3 is 17.0 Å². The molecule has 0 aliphatic heterocycles. The average molecular weight is 244 g/mol. The Morgan fingerprint density at radius 1 is 1.18 bits per heavy atom. The smallest absolute Gasteiger partial charge is 1.00 e. The summed E-state index contributed by atoms with van der Waals surface area (Å²) < 4.78 is 0. The molecule has 0 bridgehead atoms. The Hall–Kier alpha value is 0.756. The van der Waals surface area contributed by atoms with E-state index in [1.807, 2.05) is 26.0 Å². The molecular weight excluding hydrogens is 236 g/mol. The van der Waals surface area contributed by atoms with Crippen LogP contribution in [0.15, 0.2) is 12.1 Å². The van der Waals surface area contributed by atoms with E-state index in [1.54, 1.807) is 0 Å². The van der Waals surface area contributed by atoms with Crippen molar-refractivity contribution in [2.45, 2.75) is 13.8 Å². The number of aryl methyl sites for hydroxylation is 2. The Morgan fingerprint density at radius 3 is 1.82 bits per heavy atom. The fourth-order valence-electron chi connectivity index (χ4n) is 0.839. The van der Waals surface area contributed by atoms with E-state index < -0.39 is 0 Å². The molecule has 0 aliphatic rings. The SMILES string of the molecule is Cc1[c-]c(C)cc(Cl)c1.[Br-].[Mg+2]. The van der Waals surface area contributed by atoms with Crippen molar-refractivity contribution < 1.29 is 17.0 Å². The van der Waals surface area contributed by atoms with Gasteiger partial charge in [0.25, 0.3) is 0 Å². The topological polar surface area (TPSA) is 0 Å². The molecule has 11 heavy (non-hydrogen) atoms. The first-order valence-corrected chi connectivity index (χ1v) is 3.22. The second-order valence-corrected chi connectivity index (χ2v) is 2.60. The van der Waals surface area contributed by atoms with E-state index in [-0.39, 0.29) is 40.0 Å². The van der Waals surface area contributed by atoms with E-state index in [9.17, 15) is 0 Å². The van der Waals surface area contributed by atoms with Crippen molar-refractivity contribution >= 4 is 34.7 Å². The maximum Gasteiger partial charge on any atom is 2.00 e. The van der Waals surface area contributed by atoms with Gasteiger partial charge in [-0.15, -0.1) is 23.7 Å². The largest absolute Gasteiger partial charge is 2.00 e. The molecule has 0 atom stereocenters. The van der Waals surface area contributed by atoms with Crippen LogP contribution in [0.1, 0.15) is 11.1 Å². The molecule has 0 amide bonds. The van der Waals surface area contributed by atoms with E-state index in [0.717, 1.165) is 16.1 Å². The predicted molar refractivity (Wildman–Crippen MR) is 45.5 cm³/mol. The third-order valence-electron chi connectivity index (χ3n) is 1.10.